The van der Waals surface area contributed by atoms with Crippen LogP contribution >= 0.6 is 0 Å². The number of hydrogen-bond acceptors (Lipinski definition) is 3. The second-order valence-electron chi connectivity index (χ2n) is 3.51. The van der Waals surface area contributed by atoms with Crippen LogP contribution in [0.5, 0.6) is 0 Å². The molecule has 0 aromatic heterocycles. The van der Waals surface area contributed by atoms with E-state index in [0.717, 1.165) is 19.3 Å². The van der Waals surface area contributed by atoms with E-state index in [1.807, 2.05) is 0 Å². The maximum atomic E-state index is 10.5. The van der Waals surface area contributed by atoms with Gasteiger partial charge in [0.25, 0.3) is 10.1 Å². The minimum absolute atomic E-state index is 0. The Morgan fingerprint density at radius 1 is 1.15 bits per heavy atom. The first-order chi connectivity index (χ1) is 5.41. The van der Waals surface area contributed by atoms with Crippen molar-refractivity contribution in [3.63, 3.8) is 0 Å². The third kappa shape index (κ3) is 5.34. The fourth-order valence-corrected chi connectivity index (χ4v) is 2.66. The summed E-state index contributed by atoms with van der Waals surface area (Å²) in [6.07, 6.45) is 3.67. The van der Waals surface area contributed by atoms with E-state index in [0.29, 0.717) is 12.8 Å². The van der Waals surface area contributed by atoms with Crippen molar-refractivity contribution in [3.8, 4) is 0 Å². The van der Waals surface area contributed by atoms with Crippen LogP contribution in [0.3, 0.4) is 0 Å². The Hall–Kier alpha value is 0.870. The fraction of sp³-hybridized carbons (Fsp3) is 1.00. The van der Waals surface area contributed by atoms with Gasteiger partial charge in [-0.25, -0.2) is 0 Å². The molecule has 0 saturated heterocycles. The molecular weight excluding hydrogens is 203 g/mol. The average molecular weight is 218 g/mol. The van der Waals surface area contributed by atoms with Crippen molar-refractivity contribution in [1.82, 2.24) is 0 Å². The number of rotatable bonds is 2. The van der Waals surface area contributed by atoms with E-state index in [2.05, 4.69) is 0 Å². The second kappa shape index (κ2) is 5.09. The van der Waals surface area contributed by atoms with E-state index in [9.17, 15) is 13.5 Å². The van der Waals surface area contributed by atoms with Crippen LogP contribution in [-0.2, 0) is 10.1 Å². The molecule has 1 saturated carbocycles. The normalized spacial score (nSPS) is 22.0. The molecule has 0 unspecified atom stereocenters. The zero-order valence-electron chi connectivity index (χ0n) is 6.86. The van der Waals surface area contributed by atoms with Crippen molar-refractivity contribution >= 4 is 39.7 Å². The van der Waals surface area contributed by atoms with Crippen LogP contribution in [0.4, 0.5) is 0 Å². The molecular formula is C7H15NaO4S. The molecule has 6 heteroatoms. The topological polar surface area (TPSA) is 74.6 Å². The first-order valence-electron chi connectivity index (χ1n) is 4.09. The third-order valence-corrected chi connectivity index (χ3v) is 3.14. The number of hydrogen-bond donors (Lipinski definition) is 2. The van der Waals surface area contributed by atoms with Gasteiger partial charge in [-0.2, -0.15) is 8.42 Å². The summed E-state index contributed by atoms with van der Waals surface area (Å²) in [5.74, 6) is -0.514. The zero-order chi connectivity index (χ0) is 9.24. The molecule has 1 aliphatic carbocycles. The summed E-state index contributed by atoms with van der Waals surface area (Å²) >= 11 is 0. The fourth-order valence-electron chi connectivity index (χ4n) is 1.69. The Bertz CT molecular complexity index is 243. The molecule has 13 heavy (non-hydrogen) atoms. The summed E-state index contributed by atoms with van der Waals surface area (Å²) in [4.78, 5) is 0. The molecule has 0 radical (unpaired) electrons. The van der Waals surface area contributed by atoms with Crippen LogP contribution < -0.4 is 0 Å². The van der Waals surface area contributed by atoms with Gasteiger partial charge >= 0.3 is 29.6 Å². The molecule has 0 aromatic carbocycles. The van der Waals surface area contributed by atoms with Crippen molar-refractivity contribution in [1.29, 1.82) is 0 Å². The Morgan fingerprint density at radius 2 is 1.62 bits per heavy atom. The standard InChI is InChI=1S/C7H14O4S.Na.H/c8-7(6-12(9,10)11)4-2-1-3-5-7;;/h8H,1-6H2,(H,9,10,11);;. The van der Waals surface area contributed by atoms with Crippen LogP contribution in [0.2, 0.25) is 0 Å². The van der Waals surface area contributed by atoms with E-state index in [4.69, 9.17) is 4.55 Å². The maximum absolute atomic E-state index is 10.5. The van der Waals surface area contributed by atoms with E-state index in [1.54, 1.807) is 0 Å². The molecule has 2 N–H and O–H groups in total. The summed E-state index contributed by atoms with van der Waals surface area (Å²) < 4.78 is 29.5. The van der Waals surface area contributed by atoms with E-state index < -0.39 is 21.5 Å². The van der Waals surface area contributed by atoms with Crippen molar-refractivity contribution in [3.05, 3.63) is 0 Å². The van der Waals surface area contributed by atoms with Gasteiger partial charge in [-0.3, -0.25) is 4.55 Å². The first-order valence-corrected chi connectivity index (χ1v) is 5.70. The Kier molecular flexibility index (Phi) is 5.43. The van der Waals surface area contributed by atoms with Crippen molar-refractivity contribution in [2.24, 2.45) is 0 Å². The average Bonchev–Trinajstić information content (AvgIpc) is 1.83. The van der Waals surface area contributed by atoms with E-state index in [-0.39, 0.29) is 29.6 Å². The molecule has 1 aliphatic rings. The van der Waals surface area contributed by atoms with Crippen molar-refractivity contribution < 1.29 is 18.1 Å². The van der Waals surface area contributed by atoms with Crippen LogP contribution in [0, 0.1) is 0 Å². The van der Waals surface area contributed by atoms with Gasteiger partial charge in [-0.1, -0.05) is 19.3 Å². The van der Waals surface area contributed by atoms with Gasteiger partial charge in [0.1, 0.15) is 5.75 Å². The molecule has 0 amide bonds. The predicted octanol–water partition coefficient (Wildman–Crippen LogP) is -0.0791. The van der Waals surface area contributed by atoms with Crippen LogP contribution in [0.1, 0.15) is 32.1 Å². The van der Waals surface area contributed by atoms with Gasteiger partial charge in [-0.05, 0) is 12.8 Å². The summed E-state index contributed by atoms with van der Waals surface area (Å²) in [6, 6.07) is 0. The van der Waals surface area contributed by atoms with Crippen LogP contribution in [0.25, 0.3) is 0 Å². The molecule has 0 atom stereocenters. The molecule has 0 aromatic rings. The summed E-state index contributed by atoms with van der Waals surface area (Å²) in [7, 11) is -4.03. The van der Waals surface area contributed by atoms with Crippen LogP contribution in [-0.4, -0.2) is 59.0 Å². The zero-order valence-corrected chi connectivity index (χ0v) is 7.68. The first kappa shape index (κ1) is 13.9. The SMILES string of the molecule is O=S(=O)(O)CC1(O)CCCCC1.[NaH]. The molecule has 4 nitrogen and oxygen atoms in total. The minimum atomic E-state index is -4.03. The van der Waals surface area contributed by atoms with Gasteiger partial charge < -0.3 is 5.11 Å². The van der Waals surface area contributed by atoms with Gasteiger partial charge in [0.05, 0.1) is 5.60 Å². The van der Waals surface area contributed by atoms with Gasteiger partial charge in [0.2, 0.25) is 0 Å². The Morgan fingerprint density at radius 3 is 2.00 bits per heavy atom. The quantitative estimate of drug-likeness (QED) is 0.502. The predicted molar refractivity (Wildman–Crippen MR) is 51.6 cm³/mol. The van der Waals surface area contributed by atoms with E-state index >= 15 is 0 Å². The van der Waals surface area contributed by atoms with Gasteiger partial charge in [0.15, 0.2) is 0 Å². The Labute approximate surface area is 101 Å². The van der Waals surface area contributed by atoms with Crippen molar-refractivity contribution in [2.75, 3.05) is 5.75 Å². The van der Waals surface area contributed by atoms with Crippen LogP contribution in [0.15, 0.2) is 0 Å². The summed E-state index contributed by atoms with van der Waals surface area (Å²) in [5, 5.41) is 9.67. The Balaban J connectivity index is 0.00000144. The van der Waals surface area contributed by atoms with E-state index in [1.165, 1.54) is 0 Å². The third-order valence-electron chi connectivity index (χ3n) is 2.24. The molecule has 74 valence electrons. The summed E-state index contributed by atoms with van der Waals surface area (Å²) in [5.41, 5.74) is -1.17. The molecule has 1 rings (SSSR count). The van der Waals surface area contributed by atoms with Gasteiger partial charge in [0, 0.05) is 0 Å². The molecule has 0 spiro atoms. The molecule has 1 fully saturated rings. The molecule has 0 aliphatic heterocycles. The van der Waals surface area contributed by atoms with Crippen molar-refractivity contribution in [2.45, 2.75) is 37.7 Å². The molecule has 0 heterocycles. The second-order valence-corrected chi connectivity index (χ2v) is 4.96. The summed E-state index contributed by atoms with van der Waals surface area (Å²) in [6.45, 7) is 0. The number of aliphatic hydroxyl groups is 1. The molecule has 0 bridgehead atoms. The monoisotopic (exact) mass is 218 g/mol. The van der Waals surface area contributed by atoms with Gasteiger partial charge in [-0.15, -0.1) is 0 Å².